The SMILES string of the molecule is CC(C)CCC(CCOC(=O)CCCCCCCCCC(C)(CCCCCCCCCC(=O)OCCC(CCC(C)C)C(C)C)OCCCCN1CCOCC1)C(C)C. The lowest BCUT2D eigenvalue weighted by atomic mass is 9.86. The van der Waals surface area contributed by atoms with Crippen molar-refractivity contribution < 1.29 is 28.5 Å². The van der Waals surface area contributed by atoms with Gasteiger partial charge in [-0.3, -0.25) is 14.5 Å². The number of carbonyl (C=O) groups is 2. The van der Waals surface area contributed by atoms with Crippen LogP contribution in [-0.4, -0.2) is 75.1 Å². The Morgan fingerprint density at radius 1 is 0.508 bits per heavy atom. The molecule has 1 saturated heterocycles. The molecule has 0 aromatic rings. The molecule has 0 spiro atoms. The van der Waals surface area contributed by atoms with Crippen LogP contribution in [0.15, 0.2) is 0 Å². The minimum atomic E-state index is -0.0348. The number of esters is 2. The topological polar surface area (TPSA) is 74.3 Å². The van der Waals surface area contributed by atoms with E-state index in [2.05, 4.69) is 67.2 Å². The van der Waals surface area contributed by atoms with Crippen molar-refractivity contribution in [3.05, 3.63) is 0 Å². The van der Waals surface area contributed by atoms with Crippen LogP contribution >= 0.6 is 0 Å². The van der Waals surface area contributed by atoms with Gasteiger partial charge in [0.1, 0.15) is 0 Å². The second kappa shape index (κ2) is 36.3. The van der Waals surface area contributed by atoms with E-state index in [9.17, 15) is 9.59 Å². The first-order valence-electron chi connectivity index (χ1n) is 25.6. The molecular weight excluding hydrogens is 735 g/mol. The average Bonchev–Trinajstić information content (AvgIpc) is 3.19. The van der Waals surface area contributed by atoms with E-state index in [1.807, 2.05) is 0 Å². The molecule has 1 aliphatic heterocycles. The van der Waals surface area contributed by atoms with Crippen LogP contribution in [0.4, 0.5) is 0 Å². The van der Waals surface area contributed by atoms with E-state index in [1.54, 1.807) is 0 Å². The lowest BCUT2D eigenvalue weighted by molar-refractivity contribution is -0.145. The van der Waals surface area contributed by atoms with E-state index in [0.717, 1.165) is 109 Å². The van der Waals surface area contributed by atoms with Crippen molar-refractivity contribution >= 4 is 11.9 Å². The van der Waals surface area contributed by atoms with Gasteiger partial charge in [0.15, 0.2) is 0 Å². The molecule has 1 rings (SSSR count). The van der Waals surface area contributed by atoms with E-state index >= 15 is 0 Å². The molecule has 2 unspecified atom stereocenters. The summed E-state index contributed by atoms with van der Waals surface area (Å²) in [7, 11) is 0. The molecule has 0 aliphatic carbocycles. The summed E-state index contributed by atoms with van der Waals surface area (Å²) in [4.78, 5) is 27.2. The van der Waals surface area contributed by atoms with Crippen molar-refractivity contribution in [2.24, 2.45) is 35.5 Å². The normalized spacial score (nSPS) is 15.9. The van der Waals surface area contributed by atoms with E-state index in [4.69, 9.17) is 18.9 Å². The number of hydrogen-bond donors (Lipinski definition) is 0. The summed E-state index contributed by atoms with van der Waals surface area (Å²) >= 11 is 0. The largest absolute Gasteiger partial charge is 0.466 e. The number of unbranched alkanes of at least 4 members (excludes halogenated alkanes) is 13. The summed E-state index contributed by atoms with van der Waals surface area (Å²) in [5.41, 5.74) is -0.0348. The Labute approximate surface area is 367 Å². The number of hydrogen-bond acceptors (Lipinski definition) is 7. The van der Waals surface area contributed by atoms with Crippen molar-refractivity contribution in [3.63, 3.8) is 0 Å². The molecular formula is C52H101NO6. The smallest absolute Gasteiger partial charge is 0.305 e. The number of carbonyl (C=O) groups excluding carboxylic acids is 2. The molecule has 0 aromatic heterocycles. The molecule has 1 aliphatic rings. The molecule has 1 heterocycles. The lowest BCUT2D eigenvalue weighted by Gasteiger charge is -2.31. The van der Waals surface area contributed by atoms with Gasteiger partial charge in [0.25, 0.3) is 0 Å². The maximum atomic E-state index is 12.3. The second-order valence-electron chi connectivity index (χ2n) is 20.4. The summed E-state index contributed by atoms with van der Waals surface area (Å²) in [6.45, 7) is 27.7. The van der Waals surface area contributed by atoms with Crippen LogP contribution in [0.2, 0.25) is 0 Å². The first-order valence-corrected chi connectivity index (χ1v) is 25.6. The second-order valence-corrected chi connectivity index (χ2v) is 20.4. The zero-order valence-corrected chi connectivity index (χ0v) is 40.9. The Morgan fingerprint density at radius 3 is 1.32 bits per heavy atom. The number of nitrogens with zero attached hydrogens (tertiary/aromatic N) is 1. The Kier molecular flexibility index (Phi) is 34.4. The Balaban J connectivity index is 2.25. The predicted molar refractivity (Wildman–Crippen MR) is 250 cm³/mol. The fourth-order valence-corrected chi connectivity index (χ4v) is 8.66. The highest BCUT2D eigenvalue weighted by Gasteiger charge is 2.24. The third-order valence-corrected chi connectivity index (χ3v) is 13.2. The molecule has 0 saturated carbocycles. The van der Waals surface area contributed by atoms with Crippen molar-refractivity contribution in [2.75, 3.05) is 52.7 Å². The van der Waals surface area contributed by atoms with Crippen LogP contribution < -0.4 is 0 Å². The van der Waals surface area contributed by atoms with Gasteiger partial charge >= 0.3 is 11.9 Å². The van der Waals surface area contributed by atoms with Gasteiger partial charge in [0.05, 0.1) is 32.0 Å². The zero-order chi connectivity index (χ0) is 43.6. The fourth-order valence-electron chi connectivity index (χ4n) is 8.66. The van der Waals surface area contributed by atoms with Crippen molar-refractivity contribution in [1.82, 2.24) is 4.90 Å². The lowest BCUT2D eigenvalue weighted by Crippen LogP contribution is -2.37. The Morgan fingerprint density at radius 2 is 0.915 bits per heavy atom. The van der Waals surface area contributed by atoms with Gasteiger partial charge in [-0.1, -0.05) is 145 Å². The molecule has 0 N–H and O–H groups in total. The van der Waals surface area contributed by atoms with Crippen molar-refractivity contribution in [1.29, 1.82) is 0 Å². The molecule has 0 aromatic carbocycles. The summed E-state index contributed by atoms with van der Waals surface area (Å²) in [5.74, 6) is 4.03. The van der Waals surface area contributed by atoms with Crippen LogP contribution in [0.1, 0.15) is 229 Å². The van der Waals surface area contributed by atoms with E-state index in [0.29, 0.717) is 49.7 Å². The van der Waals surface area contributed by atoms with Gasteiger partial charge in [-0.15, -0.1) is 0 Å². The van der Waals surface area contributed by atoms with Gasteiger partial charge in [-0.2, -0.15) is 0 Å². The third kappa shape index (κ3) is 33.1. The minimum Gasteiger partial charge on any atom is -0.466 e. The maximum absolute atomic E-state index is 12.3. The molecule has 7 heteroatoms. The van der Waals surface area contributed by atoms with Crippen LogP contribution in [0.25, 0.3) is 0 Å². The molecule has 1 fully saturated rings. The molecule has 350 valence electrons. The quantitative estimate of drug-likeness (QED) is 0.0449. The standard InChI is InChI=1S/C52H101NO6/c1-44(2)28-30-48(46(5)6)32-40-57-50(54)26-20-16-12-10-14-18-22-34-52(9,59-39-25-24-36-53-37-42-56-43-38-53)35-23-19-15-11-13-17-21-27-51(55)58-41-33-49(47(7)8)31-29-45(3)4/h44-49H,10-43H2,1-9H3. The van der Waals surface area contributed by atoms with Crippen molar-refractivity contribution in [3.8, 4) is 0 Å². The van der Waals surface area contributed by atoms with Crippen LogP contribution in [0, 0.1) is 35.5 Å². The van der Waals surface area contributed by atoms with Crippen LogP contribution in [0.3, 0.4) is 0 Å². The van der Waals surface area contributed by atoms with Crippen molar-refractivity contribution in [2.45, 2.75) is 235 Å². The molecule has 0 bridgehead atoms. The molecule has 0 radical (unpaired) electrons. The summed E-state index contributed by atoms with van der Waals surface area (Å²) < 4.78 is 23.4. The summed E-state index contributed by atoms with van der Waals surface area (Å²) in [6.07, 6.45) is 29.2. The number of morpholine rings is 1. The van der Waals surface area contributed by atoms with E-state index < -0.39 is 0 Å². The van der Waals surface area contributed by atoms with E-state index in [-0.39, 0.29) is 17.5 Å². The van der Waals surface area contributed by atoms with Gasteiger partial charge < -0.3 is 18.9 Å². The summed E-state index contributed by atoms with van der Waals surface area (Å²) in [5, 5.41) is 0. The zero-order valence-electron chi connectivity index (χ0n) is 40.9. The number of rotatable bonds is 40. The minimum absolute atomic E-state index is 0.0102. The molecule has 0 amide bonds. The molecule has 2 atom stereocenters. The first kappa shape index (κ1) is 55.8. The highest BCUT2D eigenvalue weighted by Crippen LogP contribution is 2.28. The van der Waals surface area contributed by atoms with Crippen LogP contribution in [0.5, 0.6) is 0 Å². The predicted octanol–water partition coefficient (Wildman–Crippen LogP) is 14.2. The fraction of sp³-hybridized carbons (Fsp3) is 0.962. The average molecular weight is 836 g/mol. The summed E-state index contributed by atoms with van der Waals surface area (Å²) in [6, 6.07) is 0. The Hall–Kier alpha value is -1.18. The monoisotopic (exact) mass is 836 g/mol. The van der Waals surface area contributed by atoms with Gasteiger partial charge in [0.2, 0.25) is 0 Å². The highest BCUT2D eigenvalue weighted by atomic mass is 16.5. The van der Waals surface area contributed by atoms with Gasteiger partial charge in [-0.25, -0.2) is 0 Å². The van der Waals surface area contributed by atoms with Crippen LogP contribution in [-0.2, 0) is 28.5 Å². The first-order chi connectivity index (χ1) is 28.3. The highest BCUT2D eigenvalue weighted by molar-refractivity contribution is 5.69. The molecule has 7 nitrogen and oxygen atoms in total. The Bertz CT molecular complexity index is 916. The third-order valence-electron chi connectivity index (χ3n) is 13.2. The molecule has 59 heavy (non-hydrogen) atoms. The van der Waals surface area contributed by atoms with E-state index in [1.165, 1.54) is 96.3 Å². The number of ether oxygens (including phenoxy) is 4. The van der Waals surface area contributed by atoms with Gasteiger partial charge in [-0.05, 0) is 113 Å². The maximum Gasteiger partial charge on any atom is 0.305 e. The van der Waals surface area contributed by atoms with Gasteiger partial charge in [0, 0.05) is 32.5 Å².